The summed E-state index contributed by atoms with van der Waals surface area (Å²) in [6, 6.07) is 9.57. The molecule has 1 aromatic carbocycles. The van der Waals surface area contributed by atoms with E-state index < -0.39 is 0 Å². The maximum atomic E-state index is 8.78. The fraction of sp³-hybridized carbons (Fsp3) is 0.154. The minimum absolute atomic E-state index is 0.595. The Balaban J connectivity index is 2.02. The molecule has 4 heteroatoms. The molecule has 0 radical (unpaired) electrons. The standard InChI is InChI=1S/C13H12N4/c1-10-7-15-13(16-8-10)17-9-12-4-2-3-11(5-12)6-14/h2-5,7-8H,9H2,1H3,(H,15,16,17). The first kappa shape index (κ1) is 11.1. The zero-order valence-corrected chi connectivity index (χ0v) is 9.51. The lowest BCUT2D eigenvalue weighted by atomic mass is 10.1. The van der Waals surface area contributed by atoms with Crippen LogP contribution in [-0.4, -0.2) is 9.97 Å². The van der Waals surface area contributed by atoms with E-state index in [1.54, 1.807) is 18.5 Å². The normalized spacial score (nSPS) is 9.65. The number of anilines is 1. The van der Waals surface area contributed by atoms with Gasteiger partial charge in [0.2, 0.25) is 5.95 Å². The van der Waals surface area contributed by atoms with Gasteiger partial charge in [0, 0.05) is 18.9 Å². The Bertz CT molecular complexity index is 540. The molecule has 1 heterocycles. The van der Waals surface area contributed by atoms with Crippen molar-refractivity contribution in [3.8, 4) is 6.07 Å². The van der Waals surface area contributed by atoms with Crippen molar-refractivity contribution in [1.29, 1.82) is 5.26 Å². The summed E-state index contributed by atoms with van der Waals surface area (Å²) in [6.45, 7) is 2.55. The predicted molar refractivity (Wildman–Crippen MR) is 65.3 cm³/mol. The highest BCUT2D eigenvalue weighted by Gasteiger charge is 1.97. The van der Waals surface area contributed by atoms with Crippen LogP contribution >= 0.6 is 0 Å². The first-order chi connectivity index (χ1) is 8.28. The summed E-state index contributed by atoms with van der Waals surface area (Å²) in [6.07, 6.45) is 3.53. The molecule has 0 aliphatic carbocycles. The SMILES string of the molecule is Cc1cnc(NCc2cccc(C#N)c2)nc1. The van der Waals surface area contributed by atoms with Gasteiger partial charge in [-0.2, -0.15) is 5.26 Å². The second-order valence-corrected chi connectivity index (χ2v) is 3.75. The topological polar surface area (TPSA) is 61.6 Å². The Morgan fingerprint density at radius 1 is 1.29 bits per heavy atom. The number of hydrogen-bond donors (Lipinski definition) is 1. The number of nitriles is 1. The summed E-state index contributed by atoms with van der Waals surface area (Å²) >= 11 is 0. The smallest absolute Gasteiger partial charge is 0.222 e. The number of benzene rings is 1. The van der Waals surface area contributed by atoms with Crippen LogP contribution in [0.3, 0.4) is 0 Å². The lowest BCUT2D eigenvalue weighted by Crippen LogP contribution is -2.03. The summed E-state index contributed by atoms with van der Waals surface area (Å²) in [4.78, 5) is 8.30. The zero-order chi connectivity index (χ0) is 12.1. The molecule has 0 spiro atoms. The molecular formula is C13H12N4. The van der Waals surface area contributed by atoms with Crippen molar-refractivity contribution in [3.63, 3.8) is 0 Å². The Morgan fingerprint density at radius 2 is 2.06 bits per heavy atom. The van der Waals surface area contributed by atoms with Gasteiger partial charge < -0.3 is 5.32 Å². The van der Waals surface area contributed by atoms with Crippen LogP contribution < -0.4 is 5.32 Å². The van der Waals surface area contributed by atoms with Crippen LogP contribution in [0.2, 0.25) is 0 Å². The Hall–Kier alpha value is -2.41. The lowest BCUT2D eigenvalue weighted by Gasteiger charge is -2.04. The molecule has 0 aliphatic rings. The first-order valence-corrected chi connectivity index (χ1v) is 5.29. The molecule has 0 bridgehead atoms. The van der Waals surface area contributed by atoms with Crippen molar-refractivity contribution >= 4 is 5.95 Å². The lowest BCUT2D eigenvalue weighted by molar-refractivity contribution is 1.04. The van der Waals surface area contributed by atoms with Gasteiger partial charge in [0.15, 0.2) is 0 Å². The summed E-state index contributed by atoms with van der Waals surface area (Å²) in [5, 5.41) is 11.9. The third kappa shape index (κ3) is 3.02. The minimum atomic E-state index is 0.595. The third-order valence-corrected chi connectivity index (χ3v) is 2.29. The van der Waals surface area contributed by atoms with E-state index >= 15 is 0 Å². The van der Waals surface area contributed by atoms with E-state index in [9.17, 15) is 0 Å². The van der Waals surface area contributed by atoms with Crippen molar-refractivity contribution in [1.82, 2.24) is 9.97 Å². The van der Waals surface area contributed by atoms with Crippen LogP contribution in [0.25, 0.3) is 0 Å². The molecule has 1 N–H and O–H groups in total. The fourth-order valence-electron chi connectivity index (χ4n) is 1.42. The molecule has 84 valence electrons. The zero-order valence-electron chi connectivity index (χ0n) is 9.51. The van der Waals surface area contributed by atoms with Crippen LogP contribution in [0.15, 0.2) is 36.7 Å². The largest absolute Gasteiger partial charge is 0.350 e. The van der Waals surface area contributed by atoms with Crippen LogP contribution in [0.1, 0.15) is 16.7 Å². The average molecular weight is 224 g/mol. The molecule has 2 rings (SSSR count). The van der Waals surface area contributed by atoms with Gasteiger partial charge in [0.05, 0.1) is 11.6 Å². The molecule has 0 saturated carbocycles. The van der Waals surface area contributed by atoms with Crippen LogP contribution in [0.4, 0.5) is 5.95 Å². The van der Waals surface area contributed by atoms with Crippen molar-refractivity contribution in [2.75, 3.05) is 5.32 Å². The molecular weight excluding hydrogens is 212 g/mol. The molecule has 0 saturated heterocycles. The summed E-state index contributed by atoms with van der Waals surface area (Å²) < 4.78 is 0. The molecule has 17 heavy (non-hydrogen) atoms. The van der Waals surface area contributed by atoms with E-state index in [1.165, 1.54) is 0 Å². The van der Waals surface area contributed by atoms with E-state index in [-0.39, 0.29) is 0 Å². The van der Waals surface area contributed by atoms with Crippen LogP contribution in [0, 0.1) is 18.3 Å². The monoisotopic (exact) mass is 224 g/mol. The maximum absolute atomic E-state index is 8.78. The Kier molecular flexibility index (Phi) is 3.31. The molecule has 1 aromatic heterocycles. The number of hydrogen-bond acceptors (Lipinski definition) is 4. The van der Waals surface area contributed by atoms with E-state index in [1.807, 2.05) is 25.1 Å². The number of aryl methyl sites for hydroxylation is 1. The highest BCUT2D eigenvalue weighted by Crippen LogP contribution is 2.06. The number of nitrogens with zero attached hydrogens (tertiary/aromatic N) is 3. The minimum Gasteiger partial charge on any atom is -0.350 e. The van der Waals surface area contributed by atoms with E-state index in [0.29, 0.717) is 18.1 Å². The first-order valence-electron chi connectivity index (χ1n) is 5.29. The van der Waals surface area contributed by atoms with Gasteiger partial charge in [-0.25, -0.2) is 9.97 Å². The van der Waals surface area contributed by atoms with Gasteiger partial charge in [0.1, 0.15) is 0 Å². The van der Waals surface area contributed by atoms with E-state index in [4.69, 9.17) is 5.26 Å². The van der Waals surface area contributed by atoms with E-state index in [0.717, 1.165) is 11.1 Å². The number of rotatable bonds is 3. The van der Waals surface area contributed by atoms with Crippen molar-refractivity contribution in [2.45, 2.75) is 13.5 Å². The Morgan fingerprint density at radius 3 is 2.76 bits per heavy atom. The molecule has 2 aromatic rings. The maximum Gasteiger partial charge on any atom is 0.222 e. The van der Waals surface area contributed by atoms with Crippen molar-refractivity contribution in [2.24, 2.45) is 0 Å². The van der Waals surface area contributed by atoms with Gasteiger partial charge in [-0.1, -0.05) is 12.1 Å². The van der Waals surface area contributed by atoms with Crippen molar-refractivity contribution in [3.05, 3.63) is 53.3 Å². The number of aromatic nitrogens is 2. The highest BCUT2D eigenvalue weighted by atomic mass is 15.1. The highest BCUT2D eigenvalue weighted by molar-refractivity contribution is 5.35. The molecule has 0 amide bonds. The van der Waals surface area contributed by atoms with Gasteiger partial charge in [-0.05, 0) is 30.2 Å². The summed E-state index contributed by atoms with van der Waals surface area (Å²) in [5.74, 6) is 0.595. The van der Waals surface area contributed by atoms with Gasteiger partial charge >= 0.3 is 0 Å². The van der Waals surface area contributed by atoms with Gasteiger partial charge in [-0.15, -0.1) is 0 Å². The third-order valence-electron chi connectivity index (χ3n) is 2.29. The van der Waals surface area contributed by atoms with Crippen molar-refractivity contribution < 1.29 is 0 Å². The second kappa shape index (κ2) is 5.08. The number of nitrogens with one attached hydrogen (secondary N) is 1. The molecule has 0 unspecified atom stereocenters. The quantitative estimate of drug-likeness (QED) is 0.868. The van der Waals surface area contributed by atoms with E-state index in [2.05, 4.69) is 21.4 Å². The van der Waals surface area contributed by atoms with Crippen LogP contribution in [0.5, 0.6) is 0 Å². The molecule has 4 nitrogen and oxygen atoms in total. The molecule has 0 atom stereocenters. The van der Waals surface area contributed by atoms with Crippen LogP contribution in [-0.2, 0) is 6.54 Å². The molecule has 0 fully saturated rings. The average Bonchev–Trinajstić information content (AvgIpc) is 2.38. The van der Waals surface area contributed by atoms with Gasteiger partial charge in [0.25, 0.3) is 0 Å². The van der Waals surface area contributed by atoms with Gasteiger partial charge in [-0.3, -0.25) is 0 Å². The fourth-order valence-corrected chi connectivity index (χ4v) is 1.42. The predicted octanol–water partition coefficient (Wildman–Crippen LogP) is 2.27. The summed E-state index contributed by atoms with van der Waals surface area (Å²) in [5.41, 5.74) is 2.73. The Labute approximate surface area is 100.0 Å². The second-order valence-electron chi connectivity index (χ2n) is 3.75. The summed E-state index contributed by atoms with van der Waals surface area (Å²) in [7, 11) is 0. The molecule has 0 aliphatic heterocycles.